The van der Waals surface area contributed by atoms with E-state index in [9.17, 15) is 4.79 Å². The lowest BCUT2D eigenvalue weighted by Gasteiger charge is -2.01. The van der Waals surface area contributed by atoms with Crippen LogP contribution in [0.15, 0.2) is 51.4 Å². The number of hydrogen-bond donors (Lipinski definition) is 1. The lowest BCUT2D eigenvalue weighted by atomic mass is 10.4. The third-order valence-electron chi connectivity index (χ3n) is 2.60. The SMILES string of the molecule is Cn1c(=O)[nH]c2c(Sc3ccccc3)ncnc21. The molecule has 0 amide bonds. The number of hydrogen-bond acceptors (Lipinski definition) is 4. The maximum Gasteiger partial charge on any atom is 0.327 e. The minimum atomic E-state index is -0.180. The van der Waals surface area contributed by atoms with Crippen LogP contribution in [0.1, 0.15) is 0 Å². The van der Waals surface area contributed by atoms with Crippen LogP contribution in [-0.4, -0.2) is 19.5 Å². The average Bonchev–Trinajstić information content (AvgIpc) is 2.69. The van der Waals surface area contributed by atoms with Gasteiger partial charge in [0.1, 0.15) is 16.9 Å². The molecule has 18 heavy (non-hydrogen) atoms. The number of aromatic amines is 1. The fourth-order valence-electron chi connectivity index (χ4n) is 1.69. The number of imidazole rings is 1. The van der Waals surface area contributed by atoms with Crippen molar-refractivity contribution in [1.82, 2.24) is 19.5 Å². The number of aromatic nitrogens is 4. The molecule has 1 aromatic carbocycles. The predicted molar refractivity (Wildman–Crippen MR) is 69.7 cm³/mol. The first-order valence-corrected chi connectivity index (χ1v) is 6.20. The van der Waals surface area contributed by atoms with Gasteiger partial charge >= 0.3 is 5.69 Å². The second-order valence-electron chi connectivity index (χ2n) is 3.78. The number of benzene rings is 1. The molecule has 0 saturated carbocycles. The summed E-state index contributed by atoms with van der Waals surface area (Å²) in [5, 5.41) is 0.754. The first-order valence-electron chi connectivity index (χ1n) is 5.38. The molecular formula is C12H10N4OS. The quantitative estimate of drug-likeness (QED) is 0.712. The topological polar surface area (TPSA) is 63.6 Å². The molecule has 0 unspecified atom stereocenters. The Hall–Kier alpha value is -2.08. The molecule has 2 aromatic heterocycles. The van der Waals surface area contributed by atoms with E-state index in [4.69, 9.17) is 0 Å². The third-order valence-corrected chi connectivity index (χ3v) is 3.62. The number of fused-ring (bicyclic) bond motifs is 1. The standard InChI is InChI=1S/C12H10N4OS/c1-16-10-9(15-12(16)17)11(14-7-13-10)18-8-5-3-2-4-6-8/h2-7H,1H3,(H,15,17). The van der Waals surface area contributed by atoms with Gasteiger partial charge in [-0.05, 0) is 12.1 Å². The second-order valence-corrected chi connectivity index (χ2v) is 4.84. The van der Waals surface area contributed by atoms with E-state index in [1.54, 1.807) is 7.05 Å². The molecule has 0 spiro atoms. The molecule has 0 saturated heterocycles. The van der Waals surface area contributed by atoms with Crippen LogP contribution in [0.4, 0.5) is 0 Å². The Morgan fingerprint density at radius 2 is 2.00 bits per heavy atom. The average molecular weight is 258 g/mol. The molecule has 0 aliphatic rings. The molecule has 0 bridgehead atoms. The van der Waals surface area contributed by atoms with Crippen molar-refractivity contribution in [3.63, 3.8) is 0 Å². The lowest BCUT2D eigenvalue weighted by molar-refractivity contribution is 0.876. The Balaban J connectivity index is 2.13. The molecule has 2 heterocycles. The number of nitrogens with one attached hydrogen (secondary N) is 1. The molecule has 3 rings (SSSR count). The summed E-state index contributed by atoms with van der Waals surface area (Å²) < 4.78 is 1.48. The smallest absolute Gasteiger partial charge is 0.302 e. The van der Waals surface area contributed by atoms with E-state index < -0.39 is 0 Å². The molecule has 0 fully saturated rings. The number of rotatable bonds is 2. The van der Waals surface area contributed by atoms with Gasteiger partial charge in [-0.1, -0.05) is 30.0 Å². The van der Waals surface area contributed by atoms with Gasteiger partial charge in [0, 0.05) is 11.9 Å². The summed E-state index contributed by atoms with van der Waals surface area (Å²) in [6, 6.07) is 9.90. The van der Waals surface area contributed by atoms with Crippen molar-refractivity contribution in [1.29, 1.82) is 0 Å². The van der Waals surface area contributed by atoms with E-state index in [2.05, 4.69) is 15.0 Å². The summed E-state index contributed by atoms with van der Waals surface area (Å²) in [4.78, 5) is 23.8. The van der Waals surface area contributed by atoms with Crippen LogP contribution < -0.4 is 5.69 Å². The summed E-state index contributed by atoms with van der Waals surface area (Å²) in [5.74, 6) is 0. The van der Waals surface area contributed by atoms with Crippen molar-refractivity contribution in [3.8, 4) is 0 Å². The minimum absolute atomic E-state index is 0.180. The van der Waals surface area contributed by atoms with Gasteiger partial charge in [-0.25, -0.2) is 14.8 Å². The van der Waals surface area contributed by atoms with Crippen molar-refractivity contribution in [2.75, 3.05) is 0 Å². The largest absolute Gasteiger partial charge is 0.327 e. The van der Waals surface area contributed by atoms with Gasteiger partial charge < -0.3 is 4.98 Å². The maximum atomic E-state index is 11.6. The fraction of sp³-hybridized carbons (Fsp3) is 0.0833. The molecule has 0 atom stereocenters. The molecule has 6 heteroatoms. The molecule has 90 valence electrons. The summed E-state index contributed by atoms with van der Waals surface area (Å²) >= 11 is 1.50. The van der Waals surface area contributed by atoms with Gasteiger partial charge in [-0.15, -0.1) is 0 Å². The highest BCUT2D eigenvalue weighted by Gasteiger charge is 2.10. The zero-order valence-corrected chi connectivity index (χ0v) is 10.4. The van der Waals surface area contributed by atoms with Crippen molar-refractivity contribution in [3.05, 3.63) is 47.1 Å². The number of nitrogens with zero attached hydrogens (tertiary/aromatic N) is 3. The highest BCUT2D eigenvalue weighted by atomic mass is 32.2. The van der Waals surface area contributed by atoms with Gasteiger partial charge in [0.15, 0.2) is 5.65 Å². The van der Waals surface area contributed by atoms with Crippen molar-refractivity contribution < 1.29 is 0 Å². The fourth-order valence-corrected chi connectivity index (χ4v) is 2.55. The van der Waals surface area contributed by atoms with E-state index in [0.717, 1.165) is 9.92 Å². The third kappa shape index (κ3) is 1.80. The van der Waals surface area contributed by atoms with E-state index >= 15 is 0 Å². The predicted octanol–water partition coefficient (Wildman–Crippen LogP) is 1.81. The Bertz CT molecular complexity index is 748. The molecule has 0 aliphatic heterocycles. The van der Waals surface area contributed by atoms with Crippen LogP contribution in [0.2, 0.25) is 0 Å². The molecule has 3 aromatic rings. The zero-order chi connectivity index (χ0) is 12.5. The van der Waals surface area contributed by atoms with Crippen molar-refractivity contribution in [2.45, 2.75) is 9.92 Å². The Labute approximate surface area is 107 Å². The zero-order valence-electron chi connectivity index (χ0n) is 9.62. The Morgan fingerprint density at radius 3 is 2.78 bits per heavy atom. The number of H-pyrrole nitrogens is 1. The lowest BCUT2D eigenvalue weighted by Crippen LogP contribution is -2.12. The second kappa shape index (κ2) is 4.30. The van der Waals surface area contributed by atoms with E-state index in [1.165, 1.54) is 22.7 Å². The van der Waals surface area contributed by atoms with Crippen LogP contribution in [0.5, 0.6) is 0 Å². The minimum Gasteiger partial charge on any atom is -0.302 e. The normalized spacial score (nSPS) is 10.9. The molecule has 0 radical (unpaired) electrons. The summed E-state index contributed by atoms with van der Waals surface area (Å²) in [6.07, 6.45) is 1.47. The Morgan fingerprint density at radius 1 is 1.22 bits per heavy atom. The van der Waals surface area contributed by atoms with Crippen LogP contribution in [0, 0.1) is 0 Å². The van der Waals surface area contributed by atoms with Gasteiger partial charge in [0.2, 0.25) is 0 Å². The highest BCUT2D eigenvalue weighted by molar-refractivity contribution is 7.99. The molecule has 1 N–H and O–H groups in total. The van der Waals surface area contributed by atoms with Crippen molar-refractivity contribution in [2.24, 2.45) is 7.05 Å². The van der Waals surface area contributed by atoms with Crippen LogP contribution >= 0.6 is 11.8 Å². The van der Waals surface area contributed by atoms with Crippen LogP contribution in [0.25, 0.3) is 11.2 Å². The Kier molecular flexibility index (Phi) is 2.64. The molecular weight excluding hydrogens is 248 g/mol. The summed E-state index contributed by atoms with van der Waals surface area (Å²) in [6.45, 7) is 0. The number of aryl methyl sites for hydroxylation is 1. The van der Waals surface area contributed by atoms with Crippen molar-refractivity contribution >= 4 is 22.9 Å². The molecule has 0 aliphatic carbocycles. The van der Waals surface area contributed by atoms with E-state index in [1.807, 2.05) is 30.3 Å². The first kappa shape index (κ1) is 11.0. The first-order chi connectivity index (χ1) is 8.75. The van der Waals surface area contributed by atoms with E-state index in [-0.39, 0.29) is 5.69 Å². The summed E-state index contributed by atoms with van der Waals surface area (Å²) in [5.41, 5.74) is 1.12. The van der Waals surface area contributed by atoms with Gasteiger partial charge in [0.05, 0.1) is 0 Å². The maximum absolute atomic E-state index is 11.6. The van der Waals surface area contributed by atoms with Gasteiger partial charge in [-0.3, -0.25) is 4.57 Å². The highest BCUT2D eigenvalue weighted by Crippen LogP contribution is 2.28. The van der Waals surface area contributed by atoms with Gasteiger partial charge in [-0.2, -0.15) is 0 Å². The monoisotopic (exact) mass is 258 g/mol. The molecule has 5 nitrogen and oxygen atoms in total. The van der Waals surface area contributed by atoms with Crippen LogP contribution in [0.3, 0.4) is 0 Å². The van der Waals surface area contributed by atoms with Crippen LogP contribution in [-0.2, 0) is 7.05 Å². The van der Waals surface area contributed by atoms with E-state index in [0.29, 0.717) is 11.2 Å². The van der Waals surface area contributed by atoms with Gasteiger partial charge in [0.25, 0.3) is 0 Å². The summed E-state index contributed by atoms with van der Waals surface area (Å²) in [7, 11) is 1.69.